The van der Waals surface area contributed by atoms with Gasteiger partial charge in [0.2, 0.25) is 10.0 Å². The number of nitrogens with one attached hydrogen (secondary N) is 1. The molecule has 0 atom stereocenters. The van der Waals surface area contributed by atoms with Crippen molar-refractivity contribution in [1.82, 2.24) is 4.31 Å². The van der Waals surface area contributed by atoms with Crippen LogP contribution in [-0.2, 0) is 10.0 Å². The van der Waals surface area contributed by atoms with Crippen LogP contribution in [0, 0.1) is 6.92 Å². The first-order valence-corrected chi connectivity index (χ1v) is 11.4. The SMILES string of the molecule is Cc1ccc(S(=O)(=O)N2CCCCCC2)cc1C(=O)Nc1ccc(Cl)c(Cl)c1. The molecule has 0 aromatic heterocycles. The molecule has 1 N–H and O–H groups in total. The van der Waals surface area contributed by atoms with Crippen LogP contribution in [0.1, 0.15) is 41.6 Å². The second-order valence-electron chi connectivity index (χ2n) is 6.88. The molecule has 1 aliphatic rings. The molecule has 0 radical (unpaired) electrons. The lowest BCUT2D eigenvalue weighted by atomic mass is 10.1. The molecular formula is C20H22Cl2N2O3S. The predicted molar refractivity (Wildman–Crippen MR) is 113 cm³/mol. The normalized spacial score (nSPS) is 15.8. The third kappa shape index (κ3) is 4.69. The van der Waals surface area contributed by atoms with E-state index in [-0.39, 0.29) is 4.90 Å². The fourth-order valence-corrected chi connectivity index (χ4v) is 5.05. The molecule has 1 amide bonds. The van der Waals surface area contributed by atoms with Gasteiger partial charge in [-0.15, -0.1) is 0 Å². The maximum atomic E-state index is 13.0. The van der Waals surface area contributed by atoms with Gasteiger partial charge in [0.1, 0.15) is 0 Å². The summed E-state index contributed by atoms with van der Waals surface area (Å²) in [5, 5.41) is 3.46. The summed E-state index contributed by atoms with van der Waals surface area (Å²) in [4.78, 5) is 12.9. The predicted octanol–water partition coefficient (Wildman–Crippen LogP) is 5.12. The molecule has 2 aromatic carbocycles. The Bertz CT molecular complexity index is 985. The Morgan fingerprint density at radius 1 is 0.964 bits per heavy atom. The Hall–Kier alpha value is -1.60. The molecule has 2 aromatic rings. The fourth-order valence-electron chi connectivity index (χ4n) is 3.21. The van der Waals surface area contributed by atoms with E-state index >= 15 is 0 Å². The summed E-state index contributed by atoms with van der Waals surface area (Å²) in [5.41, 5.74) is 1.48. The standard InChI is InChI=1S/C20H22Cl2N2O3S/c1-14-6-8-16(28(26,27)24-10-4-2-3-5-11-24)13-17(14)20(25)23-15-7-9-18(21)19(22)12-15/h6-9,12-13H,2-5,10-11H2,1H3,(H,23,25). The first kappa shape index (κ1) is 21.1. The molecule has 1 fully saturated rings. The summed E-state index contributed by atoms with van der Waals surface area (Å²) in [6, 6.07) is 9.45. The molecule has 1 heterocycles. The minimum absolute atomic E-state index is 0.138. The molecule has 0 spiro atoms. The average molecular weight is 441 g/mol. The van der Waals surface area contributed by atoms with Gasteiger partial charge in [-0.05, 0) is 55.7 Å². The number of benzene rings is 2. The highest BCUT2D eigenvalue weighted by molar-refractivity contribution is 7.89. The van der Waals surface area contributed by atoms with Gasteiger partial charge in [0, 0.05) is 24.3 Å². The van der Waals surface area contributed by atoms with Crippen molar-refractivity contribution in [3.8, 4) is 0 Å². The lowest BCUT2D eigenvalue weighted by Crippen LogP contribution is -2.32. The van der Waals surface area contributed by atoms with Gasteiger partial charge in [-0.3, -0.25) is 4.79 Å². The molecule has 150 valence electrons. The molecular weight excluding hydrogens is 419 g/mol. The number of halogens is 2. The lowest BCUT2D eigenvalue weighted by molar-refractivity contribution is 0.102. The second kappa shape index (κ2) is 8.82. The van der Waals surface area contributed by atoms with Crippen LogP contribution in [0.4, 0.5) is 5.69 Å². The van der Waals surface area contributed by atoms with Crippen LogP contribution in [0.25, 0.3) is 0 Å². The Kier molecular flexibility index (Phi) is 6.65. The summed E-state index contributed by atoms with van der Waals surface area (Å²) in [6.45, 7) is 2.80. The first-order valence-electron chi connectivity index (χ1n) is 9.16. The molecule has 5 nitrogen and oxygen atoms in total. The van der Waals surface area contributed by atoms with Crippen molar-refractivity contribution in [3.05, 3.63) is 57.6 Å². The number of carbonyl (C=O) groups excluding carboxylic acids is 1. The van der Waals surface area contributed by atoms with Gasteiger partial charge < -0.3 is 5.32 Å². The van der Waals surface area contributed by atoms with Crippen LogP contribution in [0.3, 0.4) is 0 Å². The van der Waals surface area contributed by atoms with E-state index in [2.05, 4.69) is 5.32 Å². The number of rotatable bonds is 4. The van der Waals surface area contributed by atoms with E-state index in [4.69, 9.17) is 23.2 Å². The molecule has 1 saturated heterocycles. The molecule has 0 saturated carbocycles. The molecule has 0 aliphatic carbocycles. The zero-order valence-electron chi connectivity index (χ0n) is 15.5. The van der Waals surface area contributed by atoms with E-state index < -0.39 is 15.9 Å². The summed E-state index contributed by atoms with van der Waals surface area (Å²) in [7, 11) is -3.63. The zero-order chi connectivity index (χ0) is 20.3. The highest BCUT2D eigenvalue weighted by Gasteiger charge is 2.26. The van der Waals surface area contributed by atoms with Crippen molar-refractivity contribution in [1.29, 1.82) is 0 Å². The number of hydrogen-bond donors (Lipinski definition) is 1. The van der Waals surface area contributed by atoms with E-state index in [1.807, 2.05) is 0 Å². The molecule has 8 heteroatoms. The highest BCUT2D eigenvalue weighted by atomic mass is 35.5. The van der Waals surface area contributed by atoms with Gasteiger partial charge in [0.05, 0.1) is 14.9 Å². The minimum Gasteiger partial charge on any atom is -0.322 e. The maximum absolute atomic E-state index is 13.0. The van der Waals surface area contributed by atoms with Gasteiger partial charge in [0.15, 0.2) is 0 Å². The summed E-state index contributed by atoms with van der Waals surface area (Å²) >= 11 is 11.9. The zero-order valence-corrected chi connectivity index (χ0v) is 17.9. The Morgan fingerprint density at radius 3 is 2.29 bits per heavy atom. The molecule has 0 unspecified atom stereocenters. The topological polar surface area (TPSA) is 66.5 Å². The second-order valence-corrected chi connectivity index (χ2v) is 9.63. The van der Waals surface area contributed by atoms with Gasteiger partial charge >= 0.3 is 0 Å². The van der Waals surface area contributed by atoms with E-state index in [1.54, 1.807) is 37.3 Å². The molecule has 0 bridgehead atoms. The summed E-state index contributed by atoms with van der Waals surface area (Å²) < 4.78 is 27.6. The van der Waals surface area contributed by atoms with Crippen LogP contribution in [-0.4, -0.2) is 31.7 Å². The van der Waals surface area contributed by atoms with Crippen LogP contribution in [0.5, 0.6) is 0 Å². The van der Waals surface area contributed by atoms with Crippen molar-refractivity contribution < 1.29 is 13.2 Å². The smallest absolute Gasteiger partial charge is 0.255 e. The monoisotopic (exact) mass is 440 g/mol. The third-order valence-corrected chi connectivity index (χ3v) is 7.47. The van der Waals surface area contributed by atoms with Gasteiger partial charge in [-0.25, -0.2) is 8.42 Å². The van der Waals surface area contributed by atoms with Crippen molar-refractivity contribution in [2.75, 3.05) is 18.4 Å². The third-order valence-electron chi connectivity index (χ3n) is 4.83. The maximum Gasteiger partial charge on any atom is 0.255 e. The number of carbonyl (C=O) groups is 1. The number of amides is 1. The van der Waals surface area contributed by atoms with Crippen LogP contribution < -0.4 is 5.32 Å². The Morgan fingerprint density at radius 2 is 1.64 bits per heavy atom. The van der Waals surface area contributed by atoms with Gasteiger partial charge in [0.25, 0.3) is 5.91 Å². The number of anilines is 1. The Labute approximate surface area is 175 Å². The van der Waals surface area contributed by atoms with Crippen LogP contribution in [0.2, 0.25) is 10.0 Å². The minimum atomic E-state index is -3.63. The number of sulfonamides is 1. The summed E-state index contributed by atoms with van der Waals surface area (Å²) in [5.74, 6) is -0.399. The van der Waals surface area contributed by atoms with Crippen LogP contribution >= 0.6 is 23.2 Å². The first-order chi connectivity index (χ1) is 13.3. The molecule has 28 heavy (non-hydrogen) atoms. The number of nitrogens with zero attached hydrogens (tertiary/aromatic N) is 1. The molecule has 3 rings (SSSR count). The van der Waals surface area contributed by atoms with Crippen molar-refractivity contribution in [3.63, 3.8) is 0 Å². The number of hydrogen-bond acceptors (Lipinski definition) is 3. The quantitative estimate of drug-likeness (QED) is 0.716. The summed E-state index contributed by atoms with van der Waals surface area (Å²) in [6.07, 6.45) is 3.79. The van der Waals surface area contributed by atoms with E-state index in [9.17, 15) is 13.2 Å². The molecule has 1 aliphatic heterocycles. The van der Waals surface area contributed by atoms with E-state index in [1.165, 1.54) is 10.4 Å². The van der Waals surface area contributed by atoms with E-state index in [0.29, 0.717) is 39.9 Å². The number of aryl methyl sites for hydroxylation is 1. The Balaban J connectivity index is 1.88. The van der Waals surface area contributed by atoms with Gasteiger partial charge in [-0.1, -0.05) is 42.1 Å². The average Bonchev–Trinajstić information content (AvgIpc) is 2.95. The van der Waals surface area contributed by atoms with Gasteiger partial charge in [-0.2, -0.15) is 4.31 Å². The van der Waals surface area contributed by atoms with Crippen molar-refractivity contribution in [2.24, 2.45) is 0 Å². The van der Waals surface area contributed by atoms with Crippen molar-refractivity contribution >= 4 is 44.8 Å². The van der Waals surface area contributed by atoms with Crippen LogP contribution in [0.15, 0.2) is 41.3 Å². The van der Waals surface area contributed by atoms with Crippen molar-refractivity contribution in [2.45, 2.75) is 37.5 Å². The van der Waals surface area contributed by atoms with E-state index in [0.717, 1.165) is 25.7 Å². The fraction of sp³-hybridized carbons (Fsp3) is 0.350. The highest BCUT2D eigenvalue weighted by Crippen LogP contribution is 2.26. The largest absolute Gasteiger partial charge is 0.322 e. The lowest BCUT2D eigenvalue weighted by Gasteiger charge is -2.20.